The Morgan fingerprint density at radius 1 is 1.06 bits per heavy atom. The molecule has 0 aliphatic rings. The van der Waals surface area contributed by atoms with E-state index in [0.29, 0.717) is 29.2 Å². The lowest BCUT2D eigenvalue weighted by molar-refractivity contribution is 0.102. The number of ether oxygens (including phenoxy) is 1. The Labute approximate surface area is 187 Å². The van der Waals surface area contributed by atoms with Gasteiger partial charge in [-0.2, -0.15) is 4.31 Å². The van der Waals surface area contributed by atoms with Gasteiger partial charge in [0.15, 0.2) is 0 Å². The molecule has 3 aromatic carbocycles. The number of hydrogen-bond donors (Lipinski definition) is 1. The zero-order chi connectivity index (χ0) is 23.3. The van der Waals surface area contributed by atoms with Crippen LogP contribution in [0, 0.1) is 12.7 Å². The Bertz CT molecular complexity index is 1210. The molecule has 0 radical (unpaired) electrons. The molecule has 1 amide bonds. The molecule has 0 spiro atoms. The molecule has 0 unspecified atom stereocenters. The summed E-state index contributed by atoms with van der Waals surface area (Å²) < 4.78 is 46.2. The molecule has 0 saturated heterocycles. The van der Waals surface area contributed by atoms with E-state index >= 15 is 0 Å². The van der Waals surface area contributed by atoms with E-state index < -0.39 is 21.7 Å². The van der Waals surface area contributed by atoms with Gasteiger partial charge in [0.2, 0.25) is 10.0 Å². The second-order valence-corrected chi connectivity index (χ2v) is 9.34. The number of carbonyl (C=O) groups excluding carboxylic acids is 1. The van der Waals surface area contributed by atoms with Gasteiger partial charge in [0, 0.05) is 30.4 Å². The minimum Gasteiger partial charge on any atom is -0.494 e. The molecule has 0 aliphatic heterocycles. The number of halogens is 1. The molecule has 0 fully saturated rings. The zero-order valence-corrected chi connectivity index (χ0v) is 18.9. The van der Waals surface area contributed by atoms with Crippen molar-refractivity contribution in [1.82, 2.24) is 4.31 Å². The molecular formula is C24H25FN2O4S. The fraction of sp³-hybridized carbons (Fsp3) is 0.208. The van der Waals surface area contributed by atoms with Gasteiger partial charge in [0.1, 0.15) is 11.6 Å². The van der Waals surface area contributed by atoms with Crippen molar-refractivity contribution in [2.24, 2.45) is 0 Å². The van der Waals surface area contributed by atoms with Crippen molar-refractivity contribution in [3.63, 3.8) is 0 Å². The number of carbonyl (C=O) groups is 1. The number of benzene rings is 3. The summed E-state index contributed by atoms with van der Waals surface area (Å²) in [5, 5.41) is 2.64. The molecule has 1 N–H and O–H groups in total. The van der Waals surface area contributed by atoms with Gasteiger partial charge >= 0.3 is 0 Å². The van der Waals surface area contributed by atoms with Crippen molar-refractivity contribution in [3.05, 3.63) is 89.2 Å². The monoisotopic (exact) mass is 456 g/mol. The molecule has 168 valence electrons. The van der Waals surface area contributed by atoms with Crippen LogP contribution in [0.2, 0.25) is 0 Å². The molecule has 3 aromatic rings. The Kier molecular flexibility index (Phi) is 7.27. The van der Waals surface area contributed by atoms with Crippen LogP contribution in [-0.2, 0) is 16.6 Å². The maximum atomic E-state index is 13.4. The average Bonchev–Trinajstić information content (AvgIpc) is 2.75. The lowest BCUT2D eigenvalue weighted by Crippen LogP contribution is -2.27. The van der Waals surface area contributed by atoms with Crippen LogP contribution in [0.4, 0.5) is 10.1 Å². The van der Waals surface area contributed by atoms with Crippen molar-refractivity contribution < 1.29 is 22.3 Å². The fourth-order valence-electron chi connectivity index (χ4n) is 3.13. The summed E-state index contributed by atoms with van der Waals surface area (Å²) in [6.45, 7) is 4.10. The molecule has 0 bridgehead atoms. The van der Waals surface area contributed by atoms with E-state index in [2.05, 4.69) is 5.32 Å². The van der Waals surface area contributed by atoms with Gasteiger partial charge in [-0.25, -0.2) is 12.8 Å². The number of hydrogen-bond acceptors (Lipinski definition) is 4. The minimum absolute atomic E-state index is 0.00658. The van der Waals surface area contributed by atoms with E-state index in [-0.39, 0.29) is 11.4 Å². The largest absolute Gasteiger partial charge is 0.494 e. The highest BCUT2D eigenvalue weighted by Crippen LogP contribution is 2.25. The second-order valence-electron chi connectivity index (χ2n) is 7.29. The Balaban J connectivity index is 1.87. The molecule has 6 nitrogen and oxygen atoms in total. The molecule has 0 heterocycles. The number of nitrogens with zero attached hydrogens (tertiary/aromatic N) is 1. The van der Waals surface area contributed by atoms with Crippen molar-refractivity contribution in [1.29, 1.82) is 0 Å². The Morgan fingerprint density at radius 3 is 2.44 bits per heavy atom. The summed E-state index contributed by atoms with van der Waals surface area (Å²) in [5.41, 5.74) is 2.12. The molecule has 3 rings (SSSR count). The van der Waals surface area contributed by atoms with Gasteiger partial charge in [0.25, 0.3) is 5.91 Å². The maximum Gasteiger partial charge on any atom is 0.255 e. The molecule has 0 aliphatic carbocycles. The van der Waals surface area contributed by atoms with E-state index in [1.54, 1.807) is 48.5 Å². The molecule has 32 heavy (non-hydrogen) atoms. The highest BCUT2D eigenvalue weighted by molar-refractivity contribution is 7.89. The van der Waals surface area contributed by atoms with E-state index in [1.807, 2.05) is 13.8 Å². The first-order valence-electron chi connectivity index (χ1n) is 10.1. The smallest absolute Gasteiger partial charge is 0.255 e. The highest BCUT2D eigenvalue weighted by atomic mass is 32.2. The van der Waals surface area contributed by atoms with Gasteiger partial charge < -0.3 is 10.1 Å². The summed E-state index contributed by atoms with van der Waals surface area (Å²) in [6.07, 6.45) is 0. The number of sulfonamides is 1. The third-order valence-electron chi connectivity index (χ3n) is 4.83. The Hall–Kier alpha value is -3.23. The molecule has 0 aromatic heterocycles. The lowest BCUT2D eigenvalue weighted by atomic mass is 10.1. The van der Waals surface area contributed by atoms with Crippen LogP contribution in [0.15, 0.2) is 71.6 Å². The van der Waals surface area contributed by atoms with E-state index in [1.165, 1.54) is 29.6 Å². The number of aryl methyl sites for hydroxylation is 1. The summed E-state index contributed by atoms with van der Waals surface area (Å²) in [6, 6.07) is 17.0. The van der Waals surface area contributed by atoms with Crippen molar-refractivity contribution in [2.45, 2.75) is 25.3 Å². The van der Waals surface area contributed by atoms with Gasteiger partial charge in [-0.05, 0) is 62.4 Å². The van der Waals surface area contributed by atoms with Crippen LogP contribution in [-0.4, -0.2) is 32.3 Å². The van der Waals surface area contributed by atoms with E-state index in [4.69, 9.17) is 4.74 Å². The average molecular weight is 457 g/mol. The molecular weight excluding hydrogens is 431 g/mol. The minimum atomic E-state index is -3.74. The number of anilines is 1. The predicted molar refractivity (Wildman–Crippen MR) is 122 cm³/mol. The standard InChI is InChI=1S/C24H25FN2O4S/c1-4-31-23-13-10-18(24(28)26-21-7-5-6-20(25)15-21)14-19(23)16-27(3)32(29,30)22-11-8-17(2)9-12-22/h5-15H,4,16H2,1-3H3,(H,26,28). The lowest BCUT2D eigenvalue weighted by Gasteiger charge is -2.20. The summed E-state index contributed by atoms with van der Waals surface area (Å²) in [4.78, 5) is 12.9. The van der Waals surface area contributed by atoms with Crippen molar-refractivity contribution in [2.75, 3.05) is 19.0 Å². The first kappa shape index (κ1) is 23.4. The summed E-state index contributed by atoms with van der Waals surface area (Å²) >= 11 is 0. The third-order valence-corrected chi connectivity index (χ3v) is 6.64. The first-order valence-corrected chi connectivity index (χ1v) is 11.5. The summed E-state index contributed by atoms with van der Waals surface area (Å²) in [7, 11) is -2.26. The molecule has 0 atom stereocenters. The van der Waals surface area contributed by atoms with Crippen LogP contribution in [0.1, 0.15) is 28.4 Å². The summed E-state index contributed by atoms with van der Waals surface area (Å²) in [5.74, 6) is -0.414. The van der Waals surface area contributed by atoms with E-state index in [9.17, 15) is 17.6 Å². The van der Waals surface area contributed by atoms with Crippen molar-refractivity contribution >= 4 is 21.6 Å². The van der Waals surface area contributed by atoms with Gasteiger partial charge in [-0.15, -0.1) is 0 Å². The normalized spacial score (nSPS) is 11.4. The van der Waals surface area contributed by atoms with Crippen LogP contribution in [0.3, 0.4) is 0 Å². The van der Waals surface area contributed by atoms with Crippen LogP contribution < -0.4 is 10.1 Å². The fourth-order valence-corrected chi connectivity index (χ4v) is 4.27. The zero-order valence-electron chi connectivity index (χ0n) is 18.1. The number of rotatable bonds is 8. The van der Waals surface area contributed by atoms with E-state index in [0.717, 1.165) is 5.56 Å². The highest BCUT2D eigenvalue weighted by Gasteiger charge is 2.23. The van der Waals surface area contributed by atoms with Gasteiger partial charge in [0.05, 0.1) is 11.5 Å². The van der Waals surface area contributed by atoms with Gasteiger partial charge in [-0.1, -0.05) is 23.8 Å². The maximum absolute atomic E-state index is 13.4. The van der Waals surface area contributed by atoms with Gasteiger partial charge in [-0.3, -0.25) is 4.79 Å². The molecule has 8 heteroatoms. The predicted octanol–water partition coefficient (Wildman–Crippen LogP) is 4.61. The SMILES string of the molecule is CCOc1ccc(C(=O)Nc2cccc(F)c2)cc1CN(C)S(=O)(=O)c1ccc(C)cc1. The number of amides is 1. The quantitative estimate of drug-likeness (QED) is 0.537. The van der Waals surface area contributed by atoms with Crippen molar-refractivity contribution in [3.8, 4) is 5.75 Å². The van der Waals surface area contributed by atoms with Crippen LogP contribution in [0.5, 0.6) is 5.75 Å². The molecule has 0 saturated carbocycles. The van der Waals surface area contributed by atoms with Crippen LogP contribution >= 0.6 is 0 Å². The second kappa shape index (κ2) is 9.93. The number of nitrogens with one attached hydrogen (secondary N) is 1. The topological polar surface area (TPSA) is 75.7 Å². The van der Waals surface area contributed by atoms with Crippen LogP contribution in [0.25, 0.3) is 0 Å². The third kappa shape index (κ3) is 5.52. The first-order chi connectivity index (χ1) is 15.2. The Morgan fingerprint density at radius 2 is 1.78 bits per heavy atom.